The predicted molar refractivity (Wildman–Crippen MR) is 109 cm³/mol. The zero-order valence-corrected chi connectivity index (χ0v) is 17.4. The van der Waals surface area contributed by atoms with Gasteiger partial charge in [0.05, 0.1) is 24.4 Å². The van der Waals surface area contributed by atoms with Crippen molar-refractivity contribution in [2.75, 3.05) is 13.7 Å². The molecule has 1 aromatic heterocycles. The molecule has 2 N–H and O–H groups in total. The maximum Gasteiger partial charge on any atom is 0.416 e. The summed E-state index contributed by atoms with van der Waals surface area (Å²) in [6, 6.07) is 11.5. The lowest BCUT2D eigenvalue weighted by molar-refractivity contribution is -0.206. The van der Waals surface area contributed by atoms with Crippen molar-refractivity contribution in [3.8, 4) is 17.0 Å². The maximum atomic E-state index is 13.4. The molecule has 6 nitrogen and oxygen atoms in total. The predicted octanol–water partition coefficient (Wildman–Crippen LogP) is 4.44. The molecule has 0 aliphatic rings. The number of nitrogens with one attached hydrogen (secondary N) is 1. The first-order chi connectivity index (χ1) is 15.1. The van der Waals surface area contributed by atoms with Gasteiger partial charge >= 0.3 is 6.18 Å². The minimum Gasteiger partial charge on any atom is -0.497 e. The molecular weight excluding hydrogens is 454 g/mol. The molecule has 3 aromatic rings. The number of carbonyl (C=O) groups is 1. The second kappa shape index (κ2) is 9.58. The fourth-order valence-electron chi connectivity index (χ4n) is 2.89. The zero-order valence-electron chi connectivity index (χ0n) is 16.7. The molecule has 0 saturated carbocycles. The lowest BCUT2D eigenvalue weighted by Crippen LogP contribution is -2.43. The van der Waals surface area contributed by atoms with Crippen LogP contribution in [0.5, 0.6) is 5.75 Å². The van der Waals surface area contributed by atoms with E-state index in [1.165, 1.54) is 25.3 Å². The summed E-state index contributed by atoms with van der Waals surface area (Å²) in [5, 5.41) is 15.8. The van der Waals surface area contributed by atoms with Crippen molar-refractivity contribution in [2.45, 2.75) is 18.8 Å². The Bertz CT molecular complexity index is 1090. The zero-order chi connectivity index (χ0) is 23.5. The van der Waals surface area contributed by atoms with E-state index in [0.29, 0.717) is 16.9 Å². The van der Waals surface area contributed by atoms with Crippen LogP contribution in [0.1, 0.15) is 16.1 Å². The molecule has 32 heavy (non-hydrogen) atoms. The van der Waals surface area contributed by atoms with Crippen LogP contribution >= 0.6 is 11.6 Å². The summed E-state index contributed by atoms with van der Waals surface area (Å²) in [5.41, 5.74) is 1.07. The minimum absolute atomic E-state index is 0.108. The number of ether oxygens (including phenoxy) is 1. The van der Waals surface area contributed by atoms with Crippen LogP contribution in [-0.4, -0.2) is 52.0 Å². The number of aliphatic hydroxyl groups is 1. The first-order valence-electron chi connectivity index (χ1n) is 9.26. The van der Waals surface area contributed by atoms with Crippen LogP contribution in [0.4, 0.5) is 17.6 Å². The number of nitrogens with zero attached hydrogens (tertiary/aromatic N) is 2. The molecule has 0 spiro atoms. The number of rotatable bonds is 7. The Labute approximate surface area is 185 Å². The van der Waals surface area contributed by atoms with Gasteiger partial charge in [-0.15, -0.1) is 0 Å². The molecule has 1 amide bonds. The van der Waals surface area contributed by atoms with Crippen LogP contribution < -0.4 is 4.74 Å². The number of hydrogen-bond acceptors (Lipinski definition) is 4. The molecule has 0 aliphatic carbocycles. The molecule has 0 bridgehead atoms. The fraction of sp³-hybridized carbons (Fsp3) is 0.238. The Hall–Kier alpha value is -3.11. The molecule has 1 atom stereocenters. The number of benzene rings is 2. The molecule has 0 saturated heterocycles. The van der Waals surface area contributed by atoms with Gasteiger partial charge in [-0.2, -0.15) is 18.3 Å². The van der Waals surface area contributed by atoms with E-state index in [9.17, 15) is 27.5 Å². The van der Waals surface area contributed by atoms with Gasteiger partial charge in [0.25, 0.3) is 5.91 Å². The molecule has 0 aliphatic heterocycles. The topological polar surface area (TPSA) is 78.5 Å². The summed E-state index contributed by atoms with van der Waals surface area (Å²) in [7, 11) is 1.47. The Kier molecular flexibility index (Phi) is 7.05. The van der Waals surface area contributed by atoms with Crippen molar-refractivity contribution >= 4 is 17.5 Å². The fourth-order valence-corrected chi connectivity index (χ4v) is 3.07. The highest BCUT2D eigenvalue weighted by Gasteiger charge is 2.40. The molecule has 1 unspecified atom stereocenters. The largest absolute Gasteiger partial charge is 0.497 e. The third-order valence-electron chi connectivity index (χ3n) is 4.61. The highest BCUT2D eigenvalue weighted by molar-refractivity contribution is 6.31. The first kappa shape index (κ1) is 23.6. The average Bonchev–Trinajstić information content (AvgIpc) is 3.24. The third-order valence-corrected chi connectivity index (χ3v) is 4.90. The van der Waals surface area contributed by atoms with Gasteiger partial charge in [-0.05, 0) is 42.0 Å². The van der Waals surface area contributed by atoms with E-state index in [4.69, 9.17) is 16.3 Å². The Morgan fingerprint density at radius 1 is 1.22 bits per heavy atom. The standard InChI is InChI=1S/C21H18ClF4N3O3/c1-32-14-5-2-12(3-6-14)10-29(11-19(30)21(24,25)26)20(31)18-9-17(27-28-18)13-4-7-16(23)15(22)8-13/h2-9,19,30H,10-11H2,1H3,(H,27,28). The minimum atomic E-state index is -4.90. The van der Waals surface area contributed by atoms with E-state index in [2.05, 4.69) is 10.2 Å². The second-order valence-electron chi connectivity index (χ2n) is 6.89. The lowest BCUT2D eigenvalue weighted by Gasteiger charge is -2.26. The highest BCUT2D eigenvalue weighted by Crippen LogP contribution is 2.26. The molecule has 0 radical (unpaired) electrons. The average molecular weight is 472 g/mol. The number of carbonyl (C=O) groups excluding carboxylic acids is 1. The van der Waals surface area contributed by atoms with Crippen LogP contribution in [0.3, 0.4) is 0 Å². The van der Waals surface area contributed by atoms with E-state index < -0.39 is 30.5 Å². The van der Waals surface area contributed by atoms with Crippen LogP contribution in [0.2, 0.25) is 5.02 Å². The van der Waals surface area contributed by atoms with Gasteiger partial charge in [-0.1, -0.05) is 23.7 Å². The summed E-state index contributed by atoms with van der Waals surface area (Å²) < 4.78 is 57.3. The van der Waals surface area contributed by atoms with Crippen LogP contribution in [0.25, 0.3) is 11.3 Å². The molecule has 2 aromatic carbocycles. The number of amides is 1. The summed E-state index contributed by atoms with van der Waals surface area (Å²) >= 11 is 5.76. The van der Waals surface area contributed by atoms with Crippen LogP contribution in [0, 0.1) is 5.82 Å². The number of H-pyrrole nitrogens is 1. The van der Waals surface area contributed by atoms with Gasteiger partial charge in [0.15, 0.2) is 6.10 Å². The van der Waals surface area contributed by atoms with E-state index in [0.717, 1.165) is 11.0 Å². The molecule has 0 fully saturated rings. The van der Waals surface area contributed by atoms with Gasteiger partial charge in [0.2, 0.25) is 0 Å². The van der Waals surface area contributed by atoms with E-state index in [1.54, 1.807) is 24.3 Å². The summed E-state index contributed by atoms with van der Waals surface area (Å²) in [6.45, 7) is -1.18. The van der Waals surface area contributed by atoms with Gasteiger partial charge < -0.3 is 14.7 Å². The van der Waals surface area contributed by atoms with Crippen molar-refractivity contribution in [2.24, 2.45) is 0 Å². The number of aromatic nitrogens is 2. The Morgan fingerprint density at radius 2 is 1.91 bits per heavy atom. The maximum absolute atomic E-state index is 13.4. The quantitative estimate of drug-likeness (QED) is 0.499. The smallest absolute Gasteiger partial charge is 0.416 e. The van der Waals surface area contributed by atoms with Crippen molar-refractivity contribution in [1.82, 2.24) is 15.1 Å². The van der Waals surface area contributed by atoms with E-state index in [1.807, 2.05) is 0 Å². The summed E-state index contributed by atoms with van der Waals surface area (Å²) in [5.74, 6) is -0.900. The molecular formula is C21H18ClF4N3O3. The monoisotopic (exact) mass is 471 g/mol. The molecule has 1 heterocycles. The number of halogens is 5. The number of aliphatic hydroxyl groups excluding tert-OH is 1. The second-order valence-corrected chi connectivity index (χ2v) is 7.29. The number of hydrogen-bond donors (Lipinski definition) is 2. The first-order valence-corrected chi connectivity index (χ1v) is 9.64. The van der Waals surface area contributed by atoms with Crippen molar-refractivity contribution in [1.29, 1.82) is 0 Å². The molecule has 170 valence electrons. The summed E-state index contributed by atoms with van der Waals surface area (Å²) in [4.78, 5) is 13.8. The summed E-state index contributed by atoms with van der Waals surface area (Å²) in [6.07, 6.45) is -7.63. The number of alkyl halides is 3. The van der Waals surface area contributed by atoms with Crippen molar-refractivity contribution in [3.05, 3.63) is 70.6 Å². The van der Waals surface area contributed by atoms with Crippen molar-refractivity contribution < 1.29 is 32.2 Å². The van der Waals surface area contributed by atoms with Gasteiger partial charge in [-0.3, -0.25) is 9.89 Å². The molecule has 3 rings (SSSR count). The van der Waals surface area contributed by atoms with Gasteiger partial charge in [-0.25, -0.2) is 4.39 Å². The number of methoxy groups -OCH3 is 1. The Morgan fingerprint density at radius 3 is 2.50 bits per heavy atom. The molecule has 11 heteroatoms. The van der Waals surface area contributed by atoms with Crippen LogP contribution in [-0.2, 0) is 6.54 Å². The third kappa shape index (κ3) is 5.57. The van der Waals surface area contributed by atoms with Crippen molar-refractivity contribution in [3.63, 3.8) is 0 Å². The lowest BCUT2D eigenvalue weighted by atomic mass is 10.1. The van der Waals surface area contributed by atoms with Gasteiger partial charge in [0.1, 0.15) is 17.3 Å². The normalized spacial score (nSPS) is 12.5. The Balaban J connectivity index is 1.86. The number of aromatic amines is 1. The van der Waals surface area contributed by atoms with E-state index >= 15 is 0 Å². The SMILES string of the molecule is COc1ccc(CN(CC(O)C(F)(F)F)C(=O)c2cc(-c3ccc(F)c(Cl)c3)n[nH]2)cc1. The van der Waals surface area contributed by atoms with Crippen LogP contribution in [0.15, 0.2) is 48.5 Å². The van der Waals surface area contributed by atoms with E-state index in [-0.39, 0.29) is 23.0 Å². The van der Waals surface area contributed by atoms with Gasteiger partial charge in [0, 0.05) is 12.1 Å². The highest BCUT2D eigenvalue weighted by atomic mass is 35.5.